The Morgan fingerprint density at radius 3 is 1.41 bits per heavy atom. The van der Waals surface area contributed by atoms with Crippen LogP contribution in [0.4, 0.5) is 0 Å². The Bertz CT molecular complexity index is 938. The lowest BCUT2D eigenvalue weighted by molar-refractivity contribution is -0.870. The number of likely N-dealkylation sites (N-methyl/N-ethyl adjacent to an activating group) is 1. The quantitative estimate of drug-likeness (QED) is 0.0213. The first-order chi connectivity index (χ1) is 25.8. The number of phosphoric ester groups is 1. The van der Waals surface area contributed by atoms with E-state index in [1.807, 2.05) is 21.1 Å². The number of hydrogen-bond donors (Lipinski definition) is 1. The fourth-order valence-corrected chi connectivity index (χ4v) is 8.09. The molecule has 54 heavy (non-hydrogen) atoms. The van der Waals surface area contributed by atoms with Gasteiger partial charge >= 0.3 is 19.8 Å². The largest absolute Gasteiger partial charge is 0.472 e. The number of halogens is 2. The van der Waals surface area contributed by atoms with Gasteiger partial charge in [-0.1, -0.05) is 187 Å². The molecule has 0 aromatic carbocycles. The van der Waals surface area contributed by atoms with Gasteiger partial charge in [0.1, 0.15) is 19.8 Å². The van der Waals surface area contributed by atoms with Crippen LogP contribution < -0.4 is 0 Å². The van der Waals surface area contributed by atoms with Gasteiger partial charge in [0.15, 0.2) is 6.10 Å². The van der Waals surface area contributed by atoms with Crippen molar-refractivity contribution >= 4 is 51.6 Å². The highest BCUT2D eigenvalue weighted by atomic mass is 79.9. The van der Waals surface area contributed by atoms with Gasteiger partial charge in [0.25, 0.3) is 0 Å². The molecule has 0 heterocycles. The summed E-state index contributed by atoms with van der Waals surface area (Å²) in [4.78, 5) is 36.5. The smallest absolute Gasteiger partial charge is 0.462 e. The Morgan fingerprint density at radius 2 is 0.963 bits per heavy atom. The molecule has 0 saturated carbocycles. The van der Waals surface area contributed by atoms with Crippen molar-refractivity contribution in [3.05, 3.63) is 0 Å². The van der Waals surface area contributed by atoms with E-state index in [-0.39, 0.29) is 25.6 Å². The van der Waals surface area contributed by atoms with Gasteiger partial charge in [0, 0.05) is 22.5 Å². The van der Waals surface area contributed by atoms with Crippen molar-refractivity contribution in [1.29, 1.82) is 0 Å². The zero-order chi connectivity index (χ0) is 40.3. The van der Waals surface area contributed by atoms with Crippen molar-refractivity contribution in [3.8, 4) is 0 Å². The SMILES string of the molecule is CCCCCCCCCCCCCCCC(=O)OCC(COP(=O)(O)OCC[N+](C)(C)C)OC(=O)CCCCCCCCCC(Br)C(Br)CCCCCC. The maximum Gasteiger partial charge on any atom is 0.472 e. The van der Waals surface area contributed by atoms with Gasteiger partial charge in [0.2, 0.25) is 0 Å². The van der Waals surface area contributed by atoms with Crippen LogP contribution in [0.1, 0.15) is 194 Å². The lowest BCUT2D eigenvalue weighted by Gasteiger charge is -2.24. The van der Waals surface area contributed by atoms with Crippen molar-refractivity contribution in [2.24, 2.45) is 0 Å². The number of hydrogen-bond acceptors (Lipinski definition) is 7. The van der Waals surface area contributed by atoms with E-state index in [9.17, 15) is 19.0 Å². The molecule has 1 N–H and O–H groups in total. The maximum atomic E-state index is 12.7. The third kappa shape index (κ3) is 37.5. The van der Waals surface area contributed by atoms with Crippen molar-refractivity contribution in [3.63, 3.8) is 0 Å². The molecule has 0 aliphatic heterocycles. The van der Waals surface area contributed by atoms with E-state index in [1.54, 1.807) is 0 Å². The van der Waals surface area contributed by atoms with Gasteiger partial charge in [-0.25, -0.2) is 4.57 Å². The number of carbonyl (C=O) groups excluding carboxylic acids is 2. The standard InChI is InChI=1S/C42H82Br2NO8P/c1-6-8-10-12-13-14-15-16-17-18-21-24-28-32-41(46)50-36-38(37-52-54(48,49)51-35-34-45(3,4)5)53-42(47)33-29-25-22-19-20-23-27-31-40(44)39(43)30-26-11-9-7-2/h38-40H,6-37H2,1-5H3/p+1. The predicted octanol–water partition coefficient (Wildman–Crippen LogP) is 12.8. The van der Waals surface area contributed by atoms with Crippen molar-refractivity contribution in [1.82, 2.24) is 0 Å². The molecule has 0 saturated heterocycles. The second-order valence-corrected chi connectivity index (χ2v) is 20.1. The van der Waals surface area contributed by atoms with E-state index in [0.29, 0.717) is 33.5 Å². The third-order valence-corrected chi connectivity index (χ3v) is 13.6. The average Bonchev–Trinajstić information content (AvgIpc) is 3.11. The highest BCUT2D eigenvalue weighted by Crippen LogP contribution is 2.43. The number of rotatable bonds is 40. The minimum absolute atomic E-state index is 0.0311. The van der Waals surface area contributed by atoms with Gasteiger partial charge in [0.05, 0.1) is 27.7 Å². The number of carbonyl (C=O) groups is 2. The zero-order valence-electron chi connectivity index (χ0n) is 35.3. The topological polar surface area (TPSA) is 108 Å². The lowest BCUT2D eigenvalue weighted by Crippen LogP contribution is -2.37. The molecule has 0 bridgehead atoms. The van der Waals surface area contributed by atoms with Crippen molar-refractivity contribution < 1.29 is 42.1 Å². The van der Waals surface area contributed by atoms with Crippen LogP contribution in [0.5, 0.6) is 0 Å². The molecule has 0 rings (SSSR count). The van der Waals surface area contributed by atoms with E-state index < -0.39 is 26.5 Å². The summed E-state index contributed by atoms with van der Waals surface area (Å²) in [5.74, 6) is -0.802. The van der Waals surface area contributed by atoms with Gasteiger partial charge in [-0.3, -0.25) is 18.6 Å². The van der Waals surface area contributed by atoms with E-state index in [4.69, 9.17) is 18.5 Å². The van der Waals surface area contributed by atoms with Gasteiger partial charge in [-0.2, -0.15) is 0 Å². The molecule has 12 heteroatoms. The summed E-state index contributed by atoms with van der Waals surface area (Å²) >= 11 is 7.74. The molecule has 4 unspecified atom stereocenters. The minimum Gasteiger partial charge on any atom is -0.462 e. The highest BCUT2D eigenvalue weighted by molar-refractivity contribution is 9.12. The number of phosphoric acid groups is 1. The number of quaternary nitrogens is 1. The van der Waals surface area contributed by atoms with Gasteiger partial charge in [-0.15, -0.1) is 0 Å². The van der Waals surface area contributed by atoms with Crippen LogP contribution in [0.2, 0.25) is 0 Å². The number of esters is 2. The number of alkyl halides is 2. The molecule has 0 aromatic rings. The van der Waals surface area contributed by atoms with Crippen molar-refractivity contribution in [2.45, 2.75) is 209 Å². The second kappa shape index (κ2) is 36.1. The lowest BCUT2D eigenvalue weighted by atomic mass is 10.0. The summed E-state index contributed by atoms with van der Waals surface area (Å²) in [6, 6.07) is 0. The molecule has 0 radical (unpaired) electrons. The summed E-state index contributed by atoms with van der Waals surface area (Å²) in [5, 5.41) is 0. The fraction of sp³-hybridized carbons (Fsp3) is 0.952. The van der Waals surface area contributed by atoms with Crippen molar-refractivity contribution in [2.75, 3.05) is 47.5 Å². The van der Waals surface area contributed by atoms with Crippen LogP contribution in [-0.2, 0) is 32.7 Å². The molecule has 322 valence electrons. The number of nitrogens with zero attached hydrogens (tertiary/aromatic N) is 1. The maximum absolute atomic E-state index is 12.7. The van der Waals surface area contributed by atoms with Crippen LogP contribution in [0.3, 0.4) is 0 Å². The third-order valence-electron chi connectivity index (χ3n) is 9.74. The monoisotopic (exact) mass is 918 g/mol. The Balaban J connectivity index is 4.42. The molecule has 9 nitrogen and oxygen atoms in total. The van der Waals surface area contributed by atoms with Crippen LogP contribution >= 0.6 is 39.7 Å². The molecule has 0 aliphatic carbocycles. The zero-order valence-corrected chi connectivity index (χ0v) is 39.4. The fourth-order valence-electron chi connectivity index (χ4n) is 6.17. The van der Waals surface area contributed by atoms with E-state index >= 15 is 0 Å². The van der Waals surface area contributed by atoms with Crippen LogP contribution in [0.15, 0.2) is 0 Å². The Kier molecular flexibility index (Phi) is 36.1. The Hall–Kier alpha value is -0.0300. The van der Waals surface area contributed by atoms with E-state index in [1.165, 1.54) is 122 Å². The molecular formula is C42H83Br2NO8P+. The van der Waals surface area contributed by atoms with E-state index in [2.05, 4.69) is 45.7 Å². The highest BCUT2D eigenvalue weighted by Gasteiger charge is 2.27. The average molecular weight is 921 g/mol. The van der Waals surface area contributed by atoms with Gasteiger partial charge < -0.3 is 18.9 Å². The molecule has 0 fully saturated rings. The predicted molar refractivity (Wildman–Crippen MR) is 232 cm³/mol. The summed E-state index contributed by atoms with van der Waals surface area (Å²) < 4.78 is 34.3. The number of ether oxygens (including phenoxy) is 2. The van der Waals surface area contributed by atoms with Crippen LogP contribution in [0, 0.1) is 0 Å². The first kappa shape index (κ1) is 54.0. The summed E-state index contributed by atoms with van der Waals surface area (Å²) in [5.41, 5.74) is 0. The molecule has 0 aliphatic rings. The Morgan fingerprint density at radius 1 is 0.574 bits per heavy atom. The van der Waals surface area contributed by atoms with Crippen LogP contribution in [0.25, 0.3) is 0 Å². The molecule has 4 atom stereocenters. The Labute approximate surface area is 349 Å². The van der Waals surface area contributed by atoms with Gasteiger partial charge in [-0.05, 0) is 25.7 Å². The summed E-state index contributed by atoms with van der Waals surface area (Å²) in [6.07, 6.45) is 30.5. The molecule has 0 amide bonds. The summed E-state index contributed by atoms with van der Waals surface area (Å²) in [6.45, 7) is 4.41. The van der Waals surface area contributed by atoms with Crippen LogP contribution in [-0.4, -0.2) is 84.6 Å². The first-order valence-electron chi connectivity index (χ1n) is 21.8. The van der Waals surface area contributed by atoms with E-state index in [0.717, 1.165) is 38.5 Å². The molecule has 0 spiro atoms. The first-order valence-corrected chi connectivity index (χ1v) is 25.2. The molecule has 0 aromatic heterocycles. The number of unbranched alkanes of at least 4 members (excludes halogenated alkanes) is 21. The summed E-state index contributed by atoms with van der Waals surface area (Å²) in [7, 11) is 1.47. The normalized spacial score (nSPS) is 14.7. The second-order valence-electron chi connectivity index (χ2n) is 16.3. The minimum atomic E-state index is -4.37. The molecular weight excluding hydrogens is 837 g/mol.